The molecule has 0 aliphatic carbocycles. The van der Waals surface area contributed by atoms with E-state index in [1.165, 1.54) is 18.2 Å². The molecule has 0 aromatic heterocycles. The largest absolute Gasteiger partial charge is 0.489 e. The number of carbonyl (C=O) groups is 1. The minimum atomic E-state index is -0.416. The van der Waals surface area contributed by atoms with Crippen LogP contribution in [0.25, 0.3) is 0 Å². The van der Waals surface area contributed by atoms with Gasteiger partial charge >= 0.3 is 0 Å². The standard InChI is InChI=1S/C13H19FN2O2.ClH/c1-9(2)18-12-6-5-10(14)8-11(12)16-13(17)4-3-7-15;/h5-6,8-9H,3-4,7,15H2,1-2H3,(H,16,17);1H. The Balaban J connectivity index is 0.00000324. The second kappa shape index (κ2) is 8.72. The topological polar surface area (TPSA) is 64.3 Å². The van der Waals surface area contributed by atoms with Crippen molar-refractivity contribution in [3.05, 3.63) is 24.0 Å². The zero-order valence-corrected chi connectivity index (χ0v) is 11.9. The summed E-state index contributed by atoms with van der Waals surface area (Å²) in [6, 6.07) is 4.05. The minimum absolute atomic E-state index is 0. The van der Waals surface area contributed by atoms with E-state index >= 15 is 0 Å². The van der Waals surface area contributed by atoms with Gasteiger partial charge in [0.2, 0.25) is 5.91 Å². The Hall–Kier alpha value is -1.33. The van der Waals surface area contributed by atoms with Crippen molar-refractivity contribution in [3.8, 4) is 5.75 Å². The van der Waals surface area contributed by atoms with Gasteiger partial charge in [0.1, 0.15) is 11.6 Å². The zero-order chi connectivity index (χ0) is 13.5. The lowest BCUT2D eigenvalue weighted by Gasteiger charge is -2.15. The molecule has 0 heterocycles. The average Bonchev–Trinajstić information content (AvgIpc) is 2.29. The minimum Gasteiger partial charge on any atom is -0.489 e. The van der Waals surface area contributed by atoms with Crippen LogP contribution in [0.15, 0.2) is 18.2 Å². The van der Waals surface area contributed by atoms with Crippen LogP contribution < -0.4 is 15.8 Å². The monoisotopic (exact) mass is 290 g/mol. The normalized spacial score (nSPS) is 9.95. The van der Waals surface area contributed by atoms with Gasteiger partial charge in [-0.15, -0.1) is 12.4 Å². The Labute approximate surface area is 118 Å². The highest BCUT2D eigenvalue weighted by Gasteiger charge is 2.10. The van der Waals surface area contributed by atoms with Gasteiger partial charge in [-0.3, -0.25) is 4.79 Å². The molecule has 0 aliphatic rings. The van der Waals surface area contributed by atoms with Crippen LogP contribution in [0.3, 0.4) is 0 Å². The van der Waals surface area contributed by atoms with Crippen molar-refractivity contribution in [3.63, 3.8) is 0 Å². The van der Waals surface area contributed by atoms with E-state index in [0.717, 1.165) is 0 Å². The van der Waals surface area contributed by atoms with Crippen LogP contribution in [0.5, 0.6) is 5.75 Å². The fourth-order valence-electron chi connectivity index (χ4n) is 1.43. The molecule has 0 atom stereocenters. The predicted molar refractivity (Wildman–Crippen MR) is 76.3 cm³/mol. The van der Waals surface area contributed by atoms with Gasteiger partial charge < -0.3 is 15.8 Å². The third-order valence-corrected chi connectivity index (χ3v) is 2.19. The van der Waals surface area contributed by atoms with E-state index in [4.69, 9.17) is 10.5 Å². The lowest BCUT2D eigenvalue weighted by molar-refractivity contribution is -0.116. The van der Waals surface area contributed by atoms with Crippen molar-refractivity contribution in [1.29, 1.82) is 0 Å². The van der Waals surface area contributed by atoms with E-state index < -0.39 is 5.82 Å². The number of benzene rings is 1. The highest BCUT2D eigenvalue weighted by molar-refractivity contribution is 5.92. The molecule has 0 unspecified atom stereocenters. The first-order valence-corrected chi connectivity index (χ1v) is 5.99. The number of ether oxygens (including phenoxy) is 1. The van der Waals surface area contributed by atoms with Crippen LogP contribution in [-0.4, -0.2) is 18.6 Å². The van der Waals surface area contributed by atoms with Crippen molar-refractivity contribution < 1.29 is 13.9 Å². The second-order valence-electron chi connectivity index (χ2n) is 4.25. The summed E-state index contributed by atoms with van der Waals surface area (Å²) in [6.45, 7) is 4.18. The number of anilines is 1. The summed E-state index contributed by atoms with van der Waals surface area (Å²) in [5.74, 6) is -0.146. The molecule has 1 aromatic carbocycles. The Morgan fingerprint density at radius 2 is 2.16 bits per heavy atom. The molecule has 0 saturated heterocycles. The summed E-state index contributed by atoms with van der Waals surface area (Å²) in [5.41, 5.74) is 5.68. The molecule has 108 valence electrons. The summed E-state index contributed by atoms with van der Waals surface area (Å²) >= 11 is 0. The molecular weight excluding hydrogens is 271 g/mol. The number of nitrogens with one attached hydrogen (secondary N) is 1. The first kappa shape index (κ1) is 17.7. The van der Waals surface area contributed by atoms with Crippen molar-refractivity contribution in [2.24, 2.45) is 5.73 Å². The van der Waals surface area contributed by atoms with E-state index in [1.54, 1.807) is 0 Å². The second-order valence-corrected chi connectivity index (χ2v) is 4.25. The molecule has 0 saturated carbocycles. The van der Waals surface area contributed by atoms with Crippen LogP contribution in [0.2, 0.25) is 0 Å². The Morgan fingerprint density at radius 1 is 1.47 bits per heavy atom. The third-order valence-electron chi connectivity index (χ3n) is 2.19. The van der Waals surface area contributed by atoms with Gasteiger partial charge in [-0.1, -0.05) is 0 Å². The molecule has 3 N–H and O–H groups in total. The van der Waals surface area contributed by atoms with Crippen molar-refractivity contribution in [1.82, 2.24) is 0 Å². The van der Waals surface area contributed by atoms with Crippen molar-refractivity contribution in [2.45, 2.75) is 32.8 Å². The maximum Gasteiger partial charge on any atom is 0.224 e. The fraction of sp³-hybridized carbons (Fsp3) is 0.462. The number of halogens is 2. The lowest BCUT2D eigenvalue weighted by Crippen LogP contribution is -2.15. The van der Waals surface area contributed by atoms with E-state index in [-0.39, 0.29) is 24.4 Å². The first-order chi connectivity index (χ1) is 8.52. The van der Waals surface area contributed by atoms with E-state index in [0.29, 0.717) is 30.8 Å². The third kappa shape index (κ3) is 6.40. The Morgan fingerprint density at radius 3 is 2.74 bits per heavy atom. The SMILES string of the molecule is CC(C)Oc1ccc(F)cc1NC(=O)CCCN.Cl. The quantitative estimate of drug-likeness (QED) is 0.847. The van der Waals surface area contributed by atoms with Gasteiger partial charge in [0.15, 0.2) is 0 Å². The lowest BCUT2D eigenvalue weighted by atomic mass is 10.2. The number of nitrogens with two attached hydrogens (primary N) is 1. The number of hydrogen-bond acceptors (Lipinski definition) is 3. The van der Waals surface area contributed by atoms with Gasteiger partial charge in [-0.05, 0) is 38.9 Å². The average molecular weight is 291 g/mol. The van der Waals surface area contributed by atoms with Gasteiger partial charge in [-0.2, -0.15) is 0 Å². The maximum atomic E-state index is 13.2. The highest BCUT2D eigenvalue weighted by Crippen LogP contribution is 2.26. The molecule has 0 bridgehead atoms. The molecule has 19 heavy (non-hydrogen) atoms. The van der Waals surface area contributed by atoms with Gasteiger partial charge in [0.05, 0.1) is 11.8 Å². The summed E-state index contributed by atoms with van der Waals surface area (Å²) in [7, 11) is 0. The molecule has 1 rings (SSSR count). The zero-order valence-electron chi connectivity index (χ0n) is 11.1. The van der Waals surface area contributed by atoms with Crippen LogP contribution in [0.4, 0.5) is 10.1 Å². The van der Waals surface area contributed by atoms with Crippen LogP contribution in [-0.2, 0) is 4.79 Å². The smallest absolute Gasteiger partial charge is 0.224 e. The van der Waals surface area contributed by atoms with Crippen LogP contribution >= 0.6 is 12.4 Å². The van der Waals surface area contributed by atoms with Gasteiger partial charge in [0, 0.05) is 12.5 Å². The molecule has 0 fully saturated rings. The molecule has 6 heteroatoms. The Kier molecular flexibility index (Phi) is 8.11. The summed E-state index contributed by atoms with van der Waals surface area (Å²) in [4.78, 5) is 11.6. The molecule has 0 spiro atoms. The van der Waals surface area contributed by atoms with Crippen molar-refractivity contribution in [2.75, 3.05) is 11.9 Å². The summed E-state index contributed by atoms with van der Waals surface area (Å²) in [6.07, 6.45) is 0.866. The van der Waals surface area contributed by atoms with Crippen LogP contribution in [0, 0.1) is 5.82 Å². The Bertz CT molecular complexity index is 414. The molecular formula is C13H20ClFN2O2. The number of rotatable bonds is 6. The molecule has 4 nitrogen and oxygen atoms in total. The summed E-state index contributed by atoms with van der Waals surface area (Å²) < 4.78 is 18.7. The molecule has 0 aliphatic heterocycles. The van der Waals surface area contributed by atoms with Gasteiger partial charge in [0.25, 0.3) is 0 Å². The van der Waals surface area contributed by atoms with E-state index in [1.807, 2.05) is 13.8 Å². The summed E-state index contributed by atoms with van der Waals surface area (Å²) in [5, 5.41) is 2.63. The van der Waals surface area contributed by atoms with E-state index in [2.05, 4.69) is 5.32 Å². The predicted octanol–water partition coefficient (Wildman–Crippen LogP) is 2.71. The maximum absolute atomic E-state index is 13.2. The molecule has 1 aromatic rings. The van der Waals surface area contributed by atoms with E-state index in [9.17, 15) is 9.18 Å². The highest BCUT2D eigenvalue weighted by atomic mass is 35.5. The number of carbonyl (C=O) groups excluding carboxylic acids is 1. The molecule has 0 radical (unpaired) electrons. The fourth-order valence-corrected chi connectivity index (χ4v) is 1.43. The number of hydrogen-bond donors (Lipinski definition) is 2. The number of amides is 1. The first-order valence-electron chi connectivity index (χ1n) is 5.99. The van der Waals surface area contributed by atoms with Crippen LogP contribution in [0.1, 0.15) is 26.7 Å². The van der Waals surface area contributed by atoms with Crippen molar-refractivity contribution >= 4 is 24.0 Å². The van der Waals surface area contributed by atoms with Gasteiger partial charge in [-0.25, -0.2) is 4.39 Å². The molecule has 1 amide bonds.